The number of hydrogen-bond acceptors (Lipinski definition) is 5. The molecule has 0 aliphatic heterocycles. The van der Waals surface area contributed by atoms with Gasteiger partial charge in [-0.15, -0.1) is 0 Å². The van der Waals surface area contributed by atoms with Crippen LogP contribution in [0.2, 0.25) is 5.02 Å². The number of carbonyl (C=O) groups excluding carboxylic acids is 1. The Kier molecular flexibility index (Phi) is 6.24. The summed E-state index contributed by atoms with van der Waals surface area (Å²) in [5.74, 6) is -0.578. The molecule has 0 heterocycles. The van der Waals surface area contributed by atoms with Crippen molar-refractivity contribution in [2.24, 2.45) is 0 Å². The molecule has 1 aromatic carbocycles. The first-order chi connectivity index (χ1) is 8.99. The Hall–Kier alpha value is -1.14. The van der Waals surface area contributed by atoms with Gasteiger partial charge in [-0.2, -0.15) is 0 Å². The molecule has 0 radical (unpaired) electrons. The van der Waals surface area contributed by atoms with Crippen LogP contribution >= 0.6 is 11.6 Å². The van der Waals surface area contributed by atoms with E-state index < -0.39 is 18.2 Å². The molecule has 0 aliphatic rings. The van der Waals surface area contributed by atoms with Crippen molar-refractivity contribution in [3.8, 4) is 0 Å². The Morgan fingerprint density at radius 1 is 1.42 bits per heavy atom. The quantitative estimate of drug-likeness (QED) is 0.684. The summed E-state index contributed by atoms with van der Waals surface area (Å²) < 4.78 is 4.69. The first kappa shape index (κ1) is 15.9. The Balaban J connectivity index is 2.76. The molecule has 0 amide bonds. The van der Waals surface area contributed by atoms with Gasteiger partial charge in [-0.05, 0) is 30.2 Å². The van der Waals surface area contributed by atoms with Crippen LogP contribution in [0.4, 0.5) is 0 Å². The predicted molar refractivity (Wildman–Crippen MR) is 69.6 cm³/mol. The monoisotopic (exact) mass is 288 g/mol. The maximum Gasteiger partial charge on any atom is 0.308 e. The largest absolute Gasteiger partial charge is 0.466 e. The second-order valence-electron chi connectivity index (χ2n) is 4.03. The number of rotatable bonds is 6. The minimum Gasteiger partial charge on any atom is -0.466 e. The highest BCUT2D eigenvalue weighted by atomic mass is 35.5. The molecule has 0 aliphatic carbocycles. The maximum absolute atomic E-state index is 11.2. The van der Waals surface area contributed by atoms with Crippen LogP contribution in [0.25, 0.3) is 0 Å². The summed E-state index contributed by atoms with van der Waals surface area (Å²) in [4.78, 5) is 11.2. The number of ether oxygens (including phenoxy) is 1. The topological polar surface area (TPSA) is 87.0 Å². The number of esters is 1. The molecule has 0 fully saturated rings. The van der Waals surface area contributed by atoms with Gasteiger partial charge < -0.3 is 20.1 Å². The van der Waals surface area contributed by atoms with E-state index in [1.54, 1.807) is 6.92 Å². The first-order valence-electron chi connectivity index (χ1n) is 5.90. The lowest BCUT2D eigenvalue weighted by Crippen LogP contribution is -2.23. The second kappa shape index (κ2) is 7.45. The zero-order chi connectivity index (χ0) is 14.4. The molecule has 1 rings (SSSR count). The summed E-state index contributed by atoms with van der Waals surface area (Å²) in [5.41, 5.74) is 0.826. The number of hydrogen-bond donors (Lipinski definition) is 3. The van der Waals surface area contributed by atoms with Gasteiger partial charge in [0.25, 0.3) is 0 Å². The van der Waals surface area contributed by atoms with Gasteiger partial charge in [0, 0.05) is 5.02 Å². The normalized spacial score (nSPS) is 13.9. The molecule has 6 heteroatoms. The Labute approximate surface area is 116 Å². The highest BCUT2D eigenvalue weighted by Crippen LogP contribution is 2.24. The van der Waals surface area contributed by atoms with E-state index in [0.29, 0.717) is 16.1 Å². The third kappa shape index (κ3) is 4.47. The van der Waals surface area contributed by atoms with Crippen LogP contribution in [0.1, 0.15) is 30.6 Å². The summed E-state index contributed by atoms with van der Waals surface area (Å²) in [7, 11) is 0. The molecule has 19 heavy (non-hydrogen) atoms. The summed E-state index contributed by atoms with van der Waals surface area (Å²) in [6, 6.07) is 4.53. The summed E-state index contributed by atoms with van der Waals surface area (Å²) >= 11 is 5.83. The lowest BCUT2D eigenvalue weighted by molar-refractivity contribution is -0.147. The van der Waals surface area contributed by atoms with Crippen molar-refractivity contribution in [2.75, 3.05) is 6.61 Å². The van der Waals surface area contributed by atoms with Gasteiger partial charge in [0.1, 0.15) is 6.10 Å². The molecule has 0 saturated carbocycles. The van der Waals surface area contributed by atoms with Crippen LogP contribution < -0.4 is 0 Å². The summed E-state index contributed by atoms with van der Waals surface area (Å²) in [6.45, 7) is 1.61. The standard InChI is InChI=1S/C13H17ClO5/c1-2-19-12(17)6-11(16)13(18)8-3-4-10(14)9(5-8)7-15/h3-5,11,13,15-16,18H,2,6-7H2,1H3. The van der Waals surface area contributed by atoms with E-state index >= 15 is 0 Å². The van der Waals surface area contributed by atoms with E-state index in [1.165, 1.54) is 18.2 Å². The zero-order valence-corrected chi connectivity index (χ0v) is 11.3. The van der Waals surface area contributed by atoms with Crippen LogP contribution in [-0.4, -0.2) is 34.0 Å². The van der Waals surface area contributed by atoms with Crippen LogP contribution in [0.15, 0.2) is 18.2 Å². The van der Waals surface area contributed by atoms with E-state index in [0.717, 1.165) is 0 Å². The van der Waals surface area contributed by atoms with Gasteiger partial charge in [-0.25, -0.2) is 0 Å². The average Bonchev–Trinajstić information content (AvgIpc) is 2.38. The maximum atomic E-state index is 11.2. The molecule has 5 nitrogen and oxygen atoms in total. The summed E-state index contributed by atoms with van der Waals surface area (Å²) in [5, 5.41) is 29.1. The van der Waals surface area contributed by atoms with Gasteiger partial charge in [-0.3, -0.25) is 4.79 Å². The molecule has 1 aromatic rings. The van der Waals surface area contributed by atoms with Gasteiger partial charge >= 0.3 is 5.97 Å². The van der Waals surface area contributed by atoms with Crippen molar-refractivity contribution in [3.63, 3.8) is 0 Å². The predicted octanol–water partition coefficient (Wildman–Crippen LogP) is 1.18. The third-order valence-corrected chi connectivity index (χ3v) is 3.00. The van der Waals surface area contributed by atoms with E-state index in [2.05, 4.69) is 0 Å². The smallest absolute Gasteiger partial charge is 0.308 e. The molecular weight excluding hydrogens is 272 g/mol. The second-order valence-corrected chi connectivity index (χ2v) is 4.44. The molecule has 2 unspecified atom stereocenters. The van der Waals surface area contributed by atoms with Crippen molar-refractivity contribution >= 4 is 17.6 Å². The average molecular weight is 289 g/mol. The molecule has 3 N–H and O–H groups in total. The van der Waals surface area contributed by atoms with E-state index in [1.807, 2.05) is 0 Å². The lowest BCUT2D eigenvalue weighted by Gasteiger charge is -2.18. The van der Waals surface area contributed by atoms with Crippen LogP contribution in [0.5, 0.6) is 0 Å². The van der Waals surface area contributed by atoms with Gasteiger partial charge in [0.05, 0.1) is 25.7 Å². The fourth-order valence-corrected chi connectivity index (χ4v) is 1.80. The first-order valence-corrected chi connectivity index (χ1v) is 6.28. The minimum absolute atomic E-state index is 0.219. The lowest BCUT2D eigenvalue weighted by atomic mass is 10.0. The Morgan fingerprint density at radius 2 is 2.11 bits per heavy atom. The third-order valence-electron chi connectivity index (χ3n) is 2.63. The number of carbonyl (C=O) groups is 1. The van der Waals surface area contributed by atoms with Crippen molar-refractivity contribution in [1.29, 1.82) is 0 Å². The molecule has 0 bridgehead atoms. The fraction of sp³-hybridized carbons (Fsp3) is 0.462. The van der Waals surface area contributed by atoms with Gasteiger partial charge in [0.15, 0.2) is 0 Å². The minimum atomic E-state index is -1.27. The van der Waals surface area contributed by atoms with Gasteiger partial charge in [0.2, 0.25) is 0 Å². The number of halogens is 1. The molecule has 0 saturated heterocycles. The highest BCUT2D eigenvalue weighted by Gasteiger charge is 2.22. The van der Waals surface area contributed by atoms with E-state index in [4.69, 9.17) is 21.4 Å². The van der Waals surface area contributed by atoms with Crippen molar-refractivity contribution < 1.29 is 24.9 Å². The molecule has 0 spiro atoms. The molecule has 2 atom stereocenters. The van der Waals surface area contributed by atoms with E-state index in [9.17, 15) is 15.0 Å². The number of aliphatic hydroxyl groups excluding tert-OH is 3. The summed E-state index contributed by atoms with van der Waals surface area (Å²) in [6.07, 6.45) is -2.81. The molecule has 0 aromatic heterocycles. The SMILES string of the molecule is CCOC(=O)CC(O)C(O)c1ccc(Cl)c(CO)c1. The van der Waals surface area contributed by atoms with Crippen molar-refractivity contribution in [1.82, 2.24) is 0 Å². The van der Waals surface area contributed by atoms with Crippen LogP contribution in [0.3, 0.4) is 0 Å². The van der Waals surface area contributed by atoms with Crippen LogP contribution in [0, 0.1) is 0 Å². The molecular formula is C13H17ClO5. The van der Waals surface area contributed by atoms with Crippen molar-refractivity contribution in [3.05, 3.63) is 34.3 Å². The van der Waals surface area contributed by atoms with Crippen molar-refractivity contribution in [2.45, 2.75) is 32.2 Å². The Bertz CT molecular complexity index is 435. The zero-order valence-electron chi connectivity index (χ0n) is 10.5. The van der Waals surface area contributed by atoms with E-state index in [-0.39, 0.29) is 19.6 Å². The number of aliphatic hydroxyl groups is 3. The molecule has 106 valence electrons. The number of benzene rings is 1. The Morgan fingerprint density at radius 3 is 2.68 bits per heavy atom. The van der Waals surface area contributed by atoms with Gasteiger partial charge in [-0.1, -0.05) is 17.7 Å². The fourth-order valence-electron chi connectivity index (χ4n) is 1.62. The highest BCUT2D eigenvalue weighted by molar-refractivity contribution is 6.31. The van der Waals surface area contributed by atoms with Crippen LogP contribution in [-0.2, 0) is 16.1 Å².